The van der Waals surface area contributed by atoms with Crippen LogP contribution in [0, 0.1) is 20.8 Å². The predicted octanol–water partition coefficient (Wildman–Crippen LogP) is 23.5. The molecule has 20 aromatic rings. The molecule has 0 amide bonds. The van der Waals surface area contributed by atoms with Crippen molar-refractivity contribution in [3.63, 3.8) is 0 Å². The zero-order valence-corrected chi connectivity index (χ0v) is 89.1. The van der Waals surface area contributed by atoms with Crippen LogP contribution in [0.5, 0.6) is 0 Å². The number of imidazole rings is 3. The standard InChI is InChI=1S/C22H21N3OS2.2C21H23N5OS2.C21H20N4OS2.C20H22N6OS2/c1-2-3-12-28(26)22-20(23)19-17(15-8-5-4-6-9-15)13-18(25-21(19)27-22)16-10-7-11-24-14-16;1-4-5-10-29(27)21-19(22)18-14(17-12-24-13(2)26(17)3)11-16(25-20(18)28-21)15-8-6-7-9-23-15;1-4-5-9-29(27)21-19(22)18-15(17-12-24-13(2)26(17)3)10-16(25-20(18)28-21)14-7-6-8-23-11-14;1-2-3-9-28(26)21-19(22)18-16(14-7-5-4-6-8-14)10-17(25-20(18)27-21)15-11-23-13-24-12-15;1-4-5-6-29(27)20-18(21)17-14(16-10-24-12(2)26(16)3)7-15(25-19(17)28-20)13-8-22-11-23-9-13/h4-11,13-14H,2-3,12,23H2,1H3;6-9,11-12H,4-5,10,22H2,1-3H3;6-8,10-12H,4-5,9,22H2,1-3H3;4-8,10-13H,2-3,9,22H2,1H3;7-11H,4-6,21H2,1-3H3. The number of hydrogen-bond acceptors (Lipinski definition) is 30. The highest BCUT2D eigenvalue weighted by atomic mass is 32.2. The molecule has 18 aromatic heterocycles. The average molecular weight is 2090 g/mol. The molecule has 0 aliphatic carbocycles. The number of aryl methyl sites for hydroxylation is 3. The number of unbranched alkanes of at least 4 members (excludes halogenated alkanes) is 5. The molecule has 0 aliphatic heterocycles. The first-order valence-corrected chi connectivity index (χ1v) is 57.4. The predicted molar refractivity (Wildman–Crippen MR) is 595 cm³/mol. The van der Waals surface area contributed by atoms with Crippen molar-refractivity contribution >= 4 is 190 Å². The number of nitrogen functional groups attached to an aromatic ring is 5. The number of rotatable bonds is 30. The lowest BCUT2D eigenvalue weighted by molar-refractivity contribution is 0.680. The van der Waals surface area contributed by atoms with Gasteiger partial charge in [0.15, 0.2) is 0 Å². The molecule has 18 heterocycles. The minimum absolute atomic E-state index is 0.552. The first-order valence-electron chi connectivity index (χ1n) is 46.8. The van der Waals surface area contributed by atoms with Crippen LogP contribution in [0.1, 0.15) is 116 Å². The van der Waals surface area contributed by atoms with E-state index < -0.39 is 54.0 Å². The van der Waals surface area contributed by atoms with Crippen LogP contribution >= 0.6 is 56.7 Å². The van der Waals surface area contributed by atoms with E-state index in [0.29, 0.717) is 69.8 Å². The second kappa shape index (κ2) is 47.5. The minimum Gasteiger partial charge on any atom is -0.396 e. The molecule has 0 saturated heterocycles. The van der Waals surface area contributed by atoms with Crippen LogP contribution in [0.25, 0.3) is 164 Å². The number of aromatic nitrogens is 18. The van der Waals surface area contributed by atoms with Crippen LogP contribution in [-0.4, -0.2) is 138 Å². The first-order chi connectivity index (χ1) is 69.4. The van der Waals surface area contributed by atoms with E-state index in [0.717, 1.165) is 254 Å². The Bertz CT molecular complexity index is 7380. The first kappa shape index (κ1) is 103. The molecule has 10 N–H and O–H groups in total. The Balaban J connectivity index is 0.000000128. The summed E-state index contributed by atoms with van der Waals surface area (Å²) in [5.41, 5.74) is 53.4. The van der Waals surface area contributed by atoms with Crippen LogP contribution in [0.4, 0.5) is 28.4 Å². The van der Waals surface area contributed by atoms with E-state index >= 15 is 0 Å². The Morgan fingerprint density at radius 3 is 0.797 bits per heavy atom. The summed E-state index contributed by atoms with van der Waals surface area (Å²) in [5.74, 6) is 5.79. The molecule has 0 aliphatic rings. The van der Waals surface area contributed by atoms with Crippen molar-refractivity contribution in [3.05, 3.63) is 238 Å². The monoisotopic (exact) mass is 2090 g/mol. The van der Waals surface area contributed by atoms with E-state index in [4.69, 9.17) is 53.6 Å². The van der Waals surface area contributed by atoms with Crippen molar-refractivity contribution in [1.82, 2.24) is 88.5 Å². The zero-order valence-electron chi connectivity index (χ0n) is 81.0. The van der Waals surface area contributed by atoms with Gasteiger partial charge in [0, 0.05) is 172 Å². The molecule has 0 radical (unpaired) electrons. The second-order valence-corrected chi connectivity index (χ2v) is 47.5. The SMILES string of the molecule is CCCCS(=O)c1sc2nc(-c3ccccn3)cc(-c3cnc(C)n3C)c2c1N.CCCCS(=O)c1sc2nc(-c3cccnc3)cc(-c3ccccc3)c2c1N.CCCCS(=O)c1sc2nc(-c3cccnc3)cc(-c3cnc(C)n3C)c2c1N.CCCCS(=O)c1sc2nc(-c3cncnc3)cc(-c3ccccc3)c2c1N.CCCCS(=O)c1sc2nc(-c3cncnc3)cc(-c3cnc(C)n3C)c2c1N. The van der Waals surface area contributed by atoms with Crippen LogP contribution < -0.4 is 28.7 Å². The Hall–Kier alpha value is -13.0. The lowest BCUT2D eigenvalue weighted by Gasteiger charge is -2.09. The quantitative estimate of drug-likeness (QED) is 0.0279. The third-order valence-corrected chi connectivity index (χ3v) is 39.0. The fourth-order valence-corrected chi connectivity index (χ4v) is 29.9. The van der Waals surface area contributed by atoms with Crippen LogP contribution in [0.3, 0.4) is 0 Å². The molecular weight excluding hydrogens is 1980 g/mol. The molecule has 5 unspecified atom stereocenters. The minimum atomic E-state index is -1.14. The number of nitrogens with zero attached hydrogens (tertiary/aromatic N) is 18. The Kier molecular flexibility index (Phi) is 34.1. The Morgan fingerprint density at radius 1 is 0.273 bits per heavy atom. The summed E-state index contributed by atoms with van der Waals surface area (Å²) in [7, 11) is 0.326. The molecule has 734 valence electrons. The summed E-state index contributed by atoms with van der Waals surface area (Å²) in [6.45, 7) is 16.3. The summed E-state index contributed by atoms with van der Waals surface area (Å²) >= 11 is 7.12. The number of hydrogen-bond donors (Lipinski definition) is 5. The number of fused-ring (bicyclic) bond motifs is 5. The molecule has 2 aromatic carbocycles. The number of nitrogens with two attached hydrogens (primary N) is 5. The molecule has 5 atom stereocenters. The number of benzene rings is 2. The van der Waals surface area contributed by atoms with Crippen molar-refractivity contribution in [2.75, 3.05) is 57.4 Å². The topological polar surface area (TPSA) is 424 Å². The number of anilines is 5. The molecule has 20 rings (SSSR count). The largest absolute Gasteiger partial charge is 0.396 e. The van der Waals surface area contributed by atoms with Crippen LogP contribution in [0.2, 0.25) is 0 Å². The molecule has 28 nitrogen and oxygen atoms in total. The van der Waals surface area contributed by atoms with Crippen LogP contribution in [-0.2, 0) is 75.1 Å². The number of thiophene rings is 5. The van der Waals surface area contributed by atoms with Gasteiger partial charge in [0.2, 0.25) is 0 Å². The molecule has 0 spiro atoms. The summed E-state index contributed by atoms with van der Waals surface area (Å²) in [5, 5.41) is 4.29. The molecule has 0 fully saturated rings. The van der Waals surface area contributed by atoms with E-state index in [1.807, 2.05) is 189 Å². The van der Waals surface area contributed by atoms with Gasteiger partial charge in [-0.2, -0.15) is 0 Å². The maximum Gasteiger partial charge on any atom is 0.128 e. The van der Waals surface area contributed by atoms with Gasteiger partial charge in [-0.1, -0.05) is 133 Å². The van der Waals surface area contributed by atoms with Gasteiger partial charge < -0.3 is 42.4 Å². The van der Waals surface area contributed by atoms with Gasteiger partial charge in [-0.25, -0.2) is 59.8 Å². The van der Waals surface area contributed by atoms with Gasteiger partial charge in [0.1, 0.15) is 75.3 Å². The molecule has 143 heavy (non-hydrogen) atoms. The molecule has 0 saturated carbocycles. The van der Waals surface area contributed by atoms with Crippen molar-refractivity contribution in [1.29, 1.82) is 0 Å². The van der Waals surface area contributed by atoms with E-state index in [1.165, 1.54) is 69.3 Å². The highest BCUT2D eigenvalue weighted by Crippen LogP contribution is 2.50. The summed E-state index contributed by atoms with van der Waals surface area (Å²) in [6.07, 6.45) is 33.8. The fourth-order valence-electron chi connectivity index (χ4n) is 15.9. The van der Waals surface area contributed by atoms with E-state index in [1.54, 1.807) is 55.8 Å². The van der Waals surface area contributed by atoms with E-state index in [-0.39, 0.29) is 0 Å². The van der Waals surface area contributed by atoms with E-state index in [9.17, 15) is 21.0 Å². The van der Waals surface area contributed by atoms with Crippen molar-refractivity contribution < 1.29 is 21.0 Å². The van der Waals surface area contributed by atoms with Crippen molar-refractivity contribution in [3.8, 4) is 112 Å². The average Bonchev–Trinajstić information content (AvgIpc) is 1.60. The highest BCUT2D eigenvalue weighted by molar-refractivity contribution is 7.89. The third kappa shape index (κ3) is 22.8. The highest BCUT2D eigenvalue weighted by Gasteiger charge is 2.30. The smallest absolute Gasteiger partial charge is 0.128 e. The number of pyridine rings is 8. The third-order valence-electron chi connectivity index (χ3n) is 24.0. The van der Waals surface area contributed by atoms with E-state index in [2.05, 4.69) is 103 Å². The van der Waals surface area contributed by atoms with Gasteiger partial charge in [-0.15, -0.1) is 56.7 Å². The zero-order chi connectivity index (χ0) is 101. The summed E-state index contributed by atoms with van der Waals surface area (Å²) < 4.78 is 73.8. The Labute approximate surface area is 861 Å². The second-order valence-electron chi connectivity index (χ2n) is 33.6. The molecular formula is C105H109N23O5S10. The van der Waals surface area contributed by atoms with Crippen molar-refractivity contribution in [2.24, 2.45) is 21.1 Å². The van der Waals surface area contributed by atoms with Gasteiger partial charge >= 0.3 is 0 Å². The fraction of sp³-hybridized carbons (Fsp3) is 0.248. The van der Waals surface area contributed by atoms with Gasteiger partial charge in [-0.3, -0.25) is 36.0 Å². The molecule has 38 heteroatoms. The van der Waals surface area contributed by atoms with Crippen molar-refractivity contribution in [2.45, 2.75) is 141 Å². The van der Waals surface area contributed by atoms with Gasteiger partial charge in [-0.05, 0) is 142 Å². The molecule has 0 bridgehead atoms. The normalized spacial score (nSPS) is 12.4. The van der Waals surface area contributed by atoms with Gasteiger partial charge in [0.05, 0.1) is 152 Å². The Morgan fingerprint density at radius 2 is 0.531 bits per heavy atom. The summed E-state index contributed by atoms with van der Waals surface area (Å²) in [4.78, 5) is 70.7. The van der Waals surface area contributed by atoms with Crippen LogP contribution in [0.15, 0.2) is 242 Å². The summed E-state index contributed by atoms with van der Waals surface area (Å²) in [6, 6.07) is 43.8. The lowest BCUT2D eigenvalue weighted by Crippen LogP contribution is -2.00. The lowest BCUT2D eigenvalue weighted by atomic mass is 10.0. The maximum absolute atomic E-state index is 12.9. The van der Waals surface area contributed by atoms with Gasteiger partial charge in [0.25, 0.3) is 0 Å². The maximum atomic E-state index is 12.9.